The lowest BCUT2D eigenvalue weighted by Gasteiger charge is -2.32. The van der Waals surface area contributed by atoms with E-state index in [1.165, 1.54) is 25.3 Å². The van der Waals surface area contributed by atoms with Gasteiger partial charge in [0, 0.05) is 24.7 Å². The summed E-state index contributed by atoms with van der Waals surface area (Å²) in [5, 5.41) is 5.75. The molecule has 2 N–H and O–H groups in total. The standard InChI is InChI=1S/C16H19F3N2O/c1-9(11-3-2-4-11)20-7-10-5-12-13(8-21-15(12)22)14(6-10)16(17,18)19/h5-6,9,11,20H,2-4,7-8H2,1H3,(H,21,22)/t9-/m0/s1. The van der Waals surface area contributed by atoms with Crippen LogP contribution in [0, 0.1) is 5.92 Å². The van der Waals surface area contributed by atoms with Crippen molar-refractivity contribution in [2.75, 3.05) is 0 Å². The van der Waals surface area contributed by atoms with Gasteiger partial charge in [0.1, 0.15) is 0 Å². The number of benzene rings is 1. The fraction of sp³-hybridized carbons (Fsp3) is 0.562. The normalized spacial score (nSPS) is 19.5. The van der Waals surface area contributed by atoms with Crippen molar-refractivity contribution in [1.29, 1.82) is 0 Å². The van der Waals surface area contributed by atoms with Crippen LogP contribution in [-0.4, -0.2) is 11.9 Å². The van der Waals surface area contributed by atoms with Crippen LogP contribution in [-0.2, 0) is 19.3 Å². The lowest BCUT2D eigenvalue weighted by atomic mass is 9.80. The molecule has 1 aromatic carbocycles. The molecule has 1 amide bonds. The molecule has 120 valence electrons. The maximum atomic E-state index is 13.2. The van der Waals surface area contributed by atoms with Crippen LogP contribution < -0.4 is 10.6 Å². The first-order valence-electron chi connectivity index (χ1n) is 7.61. The van der Waals surface area contributed by atoms with E-state index < -0.39 is 17.6 Å². The highest BCUT2D eigenvalue weighted by Crippen LogP contribution is 2.36. The number of carbonyl (C=O) groups excluding carboxylic acids is 1. The molecule has 1 atom stereocenters. The minimum Gasteiger partial charge on any atom is -0.348 e. The molecule has 0 unspecified atom stereocenters. The van der Waals surface area contributed by atoms with Crippen molar-refractivity contribution in [2.45, 2.75) is 51.5 Å². The van der Waals surface area contributed by atoms with Gasteiger partial charge in [0.05, 0.1) is 5.56 Å². The second-order valence-electron chi connectivity index (χ2n) is 6.21. The van der Waals surface area contributed by atoms with Crippen molar-refractivity contribution in [1.82, 2.24) is 10.6 Å². The van der Waals surface area contributed by atoms with Gasteiger partial charge in [0.2, 0.25) is 0 Å². The summed E-state index contributed by atoms with van der Waals surface area (Å²) in [6.07, 6.45) is -0.858. The van der Waals surface area contributed by atoms with E-state index in [4.69, 9.17) is 0 Å². The first-order chi connectivity index (χ1) is 10.4. The summed E-state index contributed by atoms with van der Waals surface area (Å²) in [5.74, 6) is 0.189. The van der Waals surface area contributed by atoms with Crippen LogP contribution in [0.15, 0.2) is 12.1 Å². The molecule has 6 heteroatoms. The minimum absolute atomic E-state index is 0.0464. The third-order valence-electron chi connectivity index (χ3n) is 4.77. The van der Waals surface area contributed by atoms with Crippen molar-refractivity contribution < 1.29 is 18.0 Å². The topological polar surface area (TPSA) is 41.1 Å². The number of hydrogen-bond donors (Lipinski definition) is 2. The molecule has 1 aliphatic heterocycles. The predicted molar refractivity (Wildman–Crippen MR) is 76.3 cm³/mol. The van der Waals surface area contributed by atoms with E-state index in [-0.39, 0.29) is 23.7 Å². The van der Waals surface area contributed by atoms with Gasteiger partial charge in [-0.1, -0.05) is 6.42 Å². The van der Waals surface area contributed by atoms with Crippen molar-refractivity contribution in [3.05, 3.63) is 34.4 Å². The second-order valence-corrected chi connectivity index (χ2v) is 6.21. The van der Waals surface area contributed by atoms with Gasteiger partial charge in [-0.25, -0.2) is 0 Å². The van der Waals surface area contributed by atoms with Crippen LogP contribution in [0.2, 0.25) is 0 Å². The molecule has 0 bridgehead atoms. The van der Waals surface area contributed by atoms with Crippen LogP contribution in [0.4, 0.5) is 13.2 Å². The molecule has 1 aromatic rings. The zero-order valence-corrected chi connectivity index (χ0v) is 12.4. The fourth-order valence-electron chi connectivity index (χ4n) is 3.13. The molecule has 0 saturated heterocycles. The summed E-state index contributed by atoms with van der Waals surface area (Å²) in [5.41, 5.74) is 0.0296. The Morgan fingerprint density at radius 1 is 1.36 bits per heavy atom. The van der Waals surface area contributed by atoms with Gasteiger partial charge in [-0.15, -0.1) is 0 Å². The van der Waals surface area contributed by atoms with Gasteiger partial charge in [-0.3, -0.25) is 4.79 Å². The molecule has 0 spiro atoms. The fourth-order valence-corrected chi connectivity index (χ4v) is 3.13. The monoisotopic (exact) mass is 312 g/mol. The summed E-state index contributed by atoms with van der Waals surface area (Å²) < 4.78 is 39.5. The highest BCUT2D eigenvalue weighted by Gasteiger charge is 2.37. The average Bonchev–Trinajstić information content (AvgIpc) is 2.74. The molecular weight excluding hydrogens is 293 g/mol. The number of amides is 1. The van der Waals surface area contributed by atoms with Gasteiger partial charge >= 0.3 is 6.18 Å². The van der Waals surface area contributed by atoms with Gasteiger partial charge in [-0.05, 0) is 48.9 Å². The number of halogens is 3. The molecule has 0 aromatic heterocycles. The maximum Gasteiger partial charge on any atom is 0.416 e. The smallest absolute Gasteiger partial charge is 0.348 e. The molecule has 1 saturated carbocycles. The molecule has 3 rings (SSSR count). The number of carbonyl (C=O) groups is 1. The van der Waals surface area contributed by atoms with Crippen LogP contribution >= 0.6 is 0 Å². The van der Waals surface area contributed by atoms with Crippen molar-refractivity contribution in [3.8, 4) is 0 Å². The number of nitrogens with one attached hydrogen (secondary N) is 2. The van der Waals surface area contributed by atoms with Gasteiger partial charge in [0.25, 0.3) is 5.91 Å². The lowest BCUT2D eigenvalue weighted by molar-refractivity contribution is -0.138. The van der Waals surface area contributed by atoms with Crippen LogP contribution in [0.5, 0.6) is 0 Å². The molecule has 1 fully saturated rings. The van der Waals surface area contributed by atoms with E-state index in [1.54, 1.807) is 6.07 Å². The molecule has 22 heavy (non-hydrogen) atoms. The summed E-state index contributed by atoms with van der Waals surface area (Å²) in [6.45, 7) is 2.37. The third kappa shape index (κ3) is 2.84. The molecule has 3 nitrogen and oxygen atoms in total. The first-order valence-corrected chi connectivity index (χ1v) is 7.61. The highest BCUT2D eigenvalue weighted by atomic mass is 19.4. The van der Waals surface area contributed by atoms with Crippen LogP contribution in [0.25, 0.3) is 0 Å². The first kappa shape index (κ1) is 15.3. The van der Waals surface area contributed by atoms with Gasteiger partial charge in [0.15, 0.2) is 0 Å². The zero-order valence-electron chi connectivity index (χ0n) is 12.4. The molecule has 0 radical (unpaired) electrons. The van der Waals surface area contributed by atoms with E-state index in [0.29, 0.717) is 18.0 Å². The van der Waals surface area contributed by atoms with Crippen molar-refractivity contribution >= 4 is 5.91 Å². The van der Waals surface area contributed by atoms with Gasteiger partial charge < -0.3 is 10.6 Å². The Labute approximate surface area is 127 Å². The summed E-state index contributed by atoms with van der Waals surface area (Å²) in [6, 6.07) is 3.03. The number of fused-ring (bicyclic) bond motifs is 1. The van der Waals surface area contributed by atoms with Crippen LogP contribution in [0.3, 0.4) is 0 Å². The number of hydrogen-bond acceptors (Lipinski definition) is 2. The Balaban J connectivity index is 1.82. The Kier molecular flexibility index (Phi) is 3.89. The minimum atomic E-state index is -4.44. The lowest BCUT2D eigenvalue weighted by Crippen LogP contribution is -2.36. The molecular formula is C16H19F3N2O. The SMILES string of the molecule is C[C@H](NCc1cc2c(c(C(F)(F)F)c1)CNC2=O)C1CCC1. The molecule has 1 aliphatic carbocycles. The largest absolute Gasteiger partial charge is 0.416 e. The van der Waals surface area contributed by atoms with E-state index in [1.807, 2.05) is 0 Å². The summed E-state index contributed by atoms with van der Waals surface area (Å²) >= 11 is 0. The second kappa shape index (κ2) is 5.57. The number of rotatable bonds is 4. The van der Waals surface area contributed by atoms with E-state index in [0.717, 1.165) is 0 Å². The van der Waals surface area contributed by atoms with Gasteiger partial charge in [-0.2, -0.15) is 13.2 Å². The van der Waals surface area contributed by atoms with Crippen LogP contribution in [0.1, 0.15) is 53.2 Å². The highest BCUT2D eigenvalue weighted by molar-refractivity contribution is 5.99. The van der Waals surface area contributed by atoms with E-state index in [2.05, 4.69) is 17.6 Å². The Morgan fingerprint density at radius 2 is 2.09 bits per heavy atom. The third-order valence-corrected chi connectivity index (χ3v) is 4.77. The predicted octanol–water partition coefficient (Wildman–Crippen LogP) is 3.23. The molecule has 1 heterocycles. The van der Waals surface area contributed by atoms with Crippen molar-refractivity contribution in [3.63, 3.8) is 0 Å². The summed E-state index contributed by atoms with van der Waals surface area (Å²) in [7, 11) is 0. The molecule has 2 aliphatic rings. The van der Waals surface area contributed by atoms with E-state index in [9.17, 15) is 18.0 Å². The number of alkyl halides is 3. The maximum absolute atomic E-state index is 13.2. The zero-order chi connectivity index (χ0) is 15.9. The quantitative estimate of drug-likeness (QED) is 0.896. The van der Waals surface area contributed by atoms with Crippen molar-refractivity contribution in [2.24, 2.45) is 5.92 Å². The average molecular weight is 312 g/mol. The Hall–Kier alpha value is -1.56. The Morgan fingerprint density at radius 3 is 2.68 bits per heavy atom. The summed E-state index contributed by atoms with van der Waals surface area (Å²) in [4.78, 5) is 11.7. The van der Waals surface area contributed by atoms with E-state index >= 15 is 0 Å². The Bertz CT molecular complexity index is 594.